The predicted molar refractivity (Wildman–Crippen MR) is 119 cm³/mol. The molecule has 1 aromatic heterocycles. The number of carbonyl (C=O) groups is 1. The third-order valence-electron chi connectivity index (χ3n) is 5.86. The first-order valence-electron chi connectivity index (χ1n) is 10.5. The summed E-state index contributed by atoms with van der Waals surface area (Å²) in [6.07, 6.45) is -0.630. The predicted octanol–water partition coefficient (Wildman–Crippen LogP) is 4.96. The fourth-order valence-corrected chi connectivity index (χ4v) is 4.13. The number of benzene rings is 2. The SMILES string of the molecule is C[C@@H](NC(=O)C1=Nc2cc3c(cc2C1)CN=C3c1ccncc1)c1cccc(C(F)(F)F)c1. The summed E-state index contributed by atoms with van der Waals surface area (Å²) in [5.41, 5.74) is 5.55. The van der Waals surface area contributed by atoms with Gasteiger partial charge in [0.25, 0.3) is 5.91 Å². The molecule has 1 N–H and O–H groups in total. The Morgan fingerprint density at radius 2 is 1.85 bits per heavy atom. The molecule has 0 unspecified atom stereocenters. The third-order valence-corrected chi connectivity index (χ3v) is 5.86. The molecule has 0 aliphatic carbocycles. The van der Waals surface area contributed by atoms with Crippen molar-refractivity contribution in [2.24, 2.45) is 9.98 Å². The first kappa shape index (κ1) is 21.1. The summed E-state index contributed by atoms with van der Waals surface area (Å²) in [5, 5.41) is 2.78. The lowest BCUT2D eigenvalue weighted by Gasteiger charge is -2.16. The zero-order valence-corrected chi connectivity index (χ0v) is 17.6. The number of alkyl halides is 3. The molecule has 0 bridgehead atoms. The van der Waals surface area contributed by atoms with Crippen LogP contribution in [0.15, 0.2) is 70.9 Å². The number of hydrogen-bond donors (Lipinski definition) is 1. The number of pyridine rings is 1. The highest BCUT2D eigenvalue weighted by molar-refractivity contribution is 6.41. The first-order valence-corrected chi connectivity index (χ1v) is 10.5. The van der Waals surface area contributed by atoms with Gasteiger partial charge >= 0.3 is 6.18 Å². The van der Waals surface area contributed by atoms with Crippen molar-refractivity contribution < 1.29 is 18.0 Å². The van der Waals surface area contributed by atoms with Gasteiger partial charge in [0.2, 0.25) is 0 Å². The van der Waals surface area contributed by atoms with Crippen molar-refractivity contribution in [1.82, 2.24) is 10.3 Å². The molecule has 1 atom stereocenters. The normalized spacial score (nSPS) is 15.4. The molecule has 33 heavy (non-hydrogen) atoms. The molecular weight excluding hydrogens is 429 g/mol. The fourth-order valence-electron chi connectivity index (χ4n) is 4.13. The monoisotopic (exact) mass is 448 g/mol. The summed E-state index contributed by atoms with van der Waals surface area (Å²) in [6.45, 7) is 2.22. The Kier molecular flexibility index (Phi) is 5.08. The summed E-state index contributed by atoms with van der Waals surface area (Å²) in [4.78, 5) is 26.0. The fraction of sp³-hybridized carbons (Fsp3) is 0.200. The van der Waals surface area contributed by atoms with Gasteiger partial charge < -0.3 is 5.32 Å². The van der Waals surface area contributed by atoms with Crippen LogP contribution >= 0.6 is 0 Å². The van der Waals surface area contributed by atoms with Gasteiger partial charge in [-0.3, -0.25) is 14.8 Å². The summed E-state index contributed by atoms with van der Waals surface area (Å²) in [7, 11) is 0. The second-order valence-corrected chi connectivity index (χ2v) is 8.09. The van der Waals surface area contributed by atoms with Crippen LogP contribution in [0.2, 0.25) is 0 Å². The van der Waals surface area contributed by atoms with E-state index in [0.29, 0.717) is 29.9 Å². The van der Waals surface area contributed by atoms with E-state index in [4.69, 9.17) is 0 Å². The minimum atomic E-state index is -4.43. The number of fused-ring (bicyclic) bond motifs is 2. The average Bonchev–Trinajstić information content (AvgIpc) is 3.41. The van der Waals surface area contributed by atoms with E-state index < -0.39 is 17.8 Å². The zero-order valence-electron chi connectivity index (χ0n) is 17.6. The topological polar surface area (TPSA) is 66.7 Å². The van der Waals surface area contributed by atoms with Crippen molar-refractivity contribution in [3.05, 3.63) is 94.3 Å². The molecule has 5 nitrogen and oxygen atoms in total. The molecule has 2 aliphatic rings. The largest absolute Gasteiger partial charge is 0.416 e. The first-order chi connectivity index (χ1) is 15.8. The quantitative estimate of drug-likeness (QED) is 0.613. The van der Waals surface area contributed by atoms with E-state index in [-0.39, 0.29) is 5.91 Å². The number of carbonyl (C=O) groups excluding carboxylic acids is 1. The van der Waals surface area contributed by atoms with Gasteiger partial charge in [0.05, 0.1) is 29.5 Å². The molecule has 1 amide bonds. The van der Waals surface area contributed by atoms with E-state index in [2.05, 4.69) is 20.3 Å². The summed E-state index contributed by atoms with van der Waals surface area (Å²) >= 11 is 0. The van der Waals surface area contributed by atoms with E-state index in [1.807, 2.05) is 24.3 Å². The Morgan fingerprint density at radius 1 is 1.06 bits per heavy atom. The maximum Gasteiger partial charge on any atom is 0.416 e. The Labute approximate surface area is 188 Å². The second kappa shape index (κ2) is 7.95. The molecule has 3 heterocycles. The van der Waals surface area contributed by atoms with E-state index >= 15 is 0 Å². The van der Waals surface area contributed by atoms with Crippen LogP contribution in [0.1, 0.15) is 46.3 Å². The number of nitrogens with one attached hydrogen (secondary N) is 1. The molecule has 2 aliphatic heterocycles. The number of amides is 1. The second-order valence-electron chi connectivity index (χ2n) is 8.09. The Morgan fingerprint density at radius 3 is 2.61 bits per heavy atom. The van der Waals surface area contributed by atoms with Gasteiger partial charge in [-0.25, -0.2) is 4.99 Å². The van der Waals surface area contributed by atoms with Crippen molar-refractivity contribution in [1.29, 1.82) is 0 Å². The van der Waals surface area contributed by atoms with Crippen molar-refractivity contribution >= 4 is 23.0 Å². The summed E-state index contributed by atoms with van der Waals surface area (Å²) in [5.74, 6) is -0.390. The zero-order chi connectivity index (χ0) is 23.2. The van der Waals surface area contributed by atoms with Gasteiger partial charge in [0.15, 0.2) is 0 Å². The molecule has 5 rings (SSSR count). The van der Waals surface area contributed by atoms with E-state index in [1.54, 1.807) is 25.4 Å². The van der Waals surface area contributed by atoms with Crippen LogP contribution in [-0.4, -0.2) is 22.3 Å². The molecule has 0 spiro atoms. The number of aromatic nitrogens is 1. The molecule has 166 valence electrons. The molecule has 0 radical (unpaired) electrons. The molecule has 3 aromatic rings. The highest BCUT2D eigenvalue weighted by atomic mass is 19.4. The lowest BCUT2D eigenvalue weighted by Crippen LogP contribution is -2.33. The van der Waals surface area contributed by atoms with Gasteiger partial charge in [-0.2, -0.15) is 13.2 Å². The van der Waals surface area contributed by atoms with Gasteiger partial charge in [-0.1, -0.05) is 18.2 Å². The average molecular weight is 448 g/mol. The smallest absolute Gasteiger partial charge is 0.344 e. The Balaban J connectivity index is 1.34. The molecule has 0 saturated heterocycles. The third kappa shape index (κ3) is 4.04. The van der Waals surface area contributed by atoms with Crippen LogP contribution in [0.4, 0.5) is 18.9 Å². The minimum Gasteiger partial charge on any atom is -0.344 e. The molecule has 0 fully saturated rings. The minimum absolute atomic E-state index is 0.342. The van der Waals surface area contributed by atoms with Gasteiger partial charge in [-0.05, 0) is 53.9 Å². The standard InChI is InChI=1S/C25H19F3N4O/c1-14(16-3-2-4-19(10-16)25(26,27)28)31-24(33)22-11-17-9-18-13-30-23(15-5-7-29-8-6-15)20(18)12-21(17)32-22/h2-10,12,14H,11,13H2,1H3,(H,31,33)/t14-/m1/s1. The lowest BCUT2D eigenvalue weighted by molar-refractivity contribution is -0.137. The van der Waals surface area contributed by atoms with Crippen molar-refractivity contribution in [2.45, 2.75) is 32.1 Å². The van der Waals surface area contributed by atoms with Gasteiger partial charge in [-0.15, -0.1) is 0 Å². The summed E-state index contributed by atoms with van der Waals surface area (Å²) in [6, 6.07) is 12.2. The number of aliphatic imine (C=N–C) groups is 2. The number of nitrogens with zero attached hydrogens (tertiary/aromatic N) is 3. The molecule has 0 saturated carbocycles. The maximum atomic E-state index is 13.0. The lowest BCUT2D eigenvalue weighted by atomic mass is 9.97. The number of halogens is 3. The Hall–Kier alpha value is -3.81. The van der Waals surface area contributed by atoms with Crippen molar-refractivity contribution in [3.8, 4) is 0 Å². The van der Waals surface area contributed by atoms with Crippen LogP contribution in [0, 0.1) is 0 Å². The van der Waals surface area contributed by atoms with E-state index in [9.17, 15) is 18.0 Å². The van der Waals surface area contributed by atoms with Gasteiger partial charge in [0, 0.05) is 29.9 Å². The highest BCUT2D eigenvalue weighted by Gasteiger charge is 2.31. The van der Waals surface area contributed by atoms with E-state index in [1.165, 1.54) is 6.07 Å². The van der Waals surface area contributed by atoms with Crippen molar-refractivity contribution in [2.75, 3.05) is 0 Å². The highest BCUT2D eigenvalue weighted by Crippen LogP contribution is 2.35. The van der Waals surface area contributed by atoms with Crippen LogP contribution in [0.3, 0.4) is 0 Å². The molecule has 8 heteroatoms. The number of hydrogen-bond acceptors (Lipinski definition) is 4. The van der Waals surface area contributed by atoms with Gasteiger partial charge in [0.1, 0.15) is 5.71 Å². The Bertz CT molecular complexity index is 1310. The van der Waals surface area contributed by atoms with Crippen LogP contribution < -0.4 is 5.32 Å². The van der Waals surface area contributed by atoms with Crippen LogP contribution in [-0.2, 0) is 23.9 Å². The molecular formula is C25H19F3N4O. The van der Waals surface area contributed by atoms with E-state index in [0.717, 1.165) is 40.1 Å². The molecule has 2 aromatic carbocycles. The van der Waals surface area contributed by atoms with Crippen LogP contribution in [0.25, 0.3) is 0 Å². The van der Waals surface area contributed by atoms with Crippen LogP contribution in [0.5, 0.6) is 0 Å². The maximum absolute atomic E-state index is 13.0. The summed E-state index contributed by atoms with van der Waals surface area (Å²) < 4.78 is 39.0. The number of rotatable bonds is 4. The van der Waals surface area contributed by atoms with Crippen molar-refractivity contribution in [3.63, 3.8) is 0 Å².